The number of rotatable bonds is 9. The van der Waals surface area contributed by atoms with Crippen LogP contribution in [0.15, 0.2) is 29.3 Å². The molecule has 32 heavy (non-hydrogen) atoms. The molecule has 1 amide bonds. The van der Waals surface area contributed by atoms with Gasteiger partial charge in [0.25, 0.3) is 0 Å². The molecule has 0 bridgehead atoms. The first kappa shape index (κ1) is 26.7. The van der Waals surface area contributed by atoms with E-state index >= 15 is 0 Å². The van der Waals surface area contributed by atoms with Gasteiger partial charge in [-0.25, -0.2) is 0 Å². The van der Waals surface area contributed by atoms with Crippen LogP contribution in [0.5, 0.6) is 5.75 Å². The van der Waals surface area contributed by atoms with E-state index in [4.69, 9.17) is 4.74 Å². The summed E-state index contributed by atoms with van der Waals surface area (Å²) in [6.45, 7) is 3.49. The second kappa shape index (κ2) is 14.6. The molecule has 1 heterocycles. The summed E-state index contributed by atoms with van der Waals surface area (Å²) in [6, 6.07) is 8.83. The Balaban J connectivity index is 0.00000363. The monoisotopic (exact) mass is 557 g/mol. The number of carbonyl (C=O) groups excluding carboxylic acids is 1. The zero-order chi connectivity index (χ0) is 21.9. The molecule has 180 valence electrons. The average molecular weight is 558 g/mol. The van der Waals surface area contributed by atoms with Gasteiger partial charge in [0.1, 0.15) is 5.75 Å². The quantitative estimate of drug-likeness (QED) is 0.246. The highest BCUT2D eigenvalue weighted by Crippen LogP contribution is 2.31. The van der Waals surface area contributed by atoms with Gasteiger partial charge in [-0.15, -0.1) is 24.0 Å². The number of aliphatic imine (C=N–C) groups is 1. The molecule has 1 aromatic rings. The van der Waals surface area contributed by atoms with Gasteiger partial charge in [-0.2, -0.15) is 0 Å². The number of para-hydroxylation sites is 1. The fraction of sp³-hybridized carbons (Fsp3) is 0.667. The van der Waals surface area contributed by atoms with Crippen LogP contribution in [0.1, 0.15) is 63.0 Å². The van der Waals surface area contributed by atoms with Gasteiger partial charge in [-0.3, -0.25) is 14.7 Å². The van der Waals surface area contributed by atoms with E-state index in [-0.39, 0.29) is 35.9 Å². The number of hydrogen-bond donors (Lipinski definition) is 3. The molecule has 1 saturated carbocycles. The van der Waals surface area contributed by atoms with E-state index in [1.54, 1.807) is 14.2 Å². The maximum atomic E-state index is 12.2. The summed E-state index contributed by atoms with van der Waals surface area (Å²) >= 11 is 0. The third-order valence-corrected chi connectivity index (χ3v) is 6.38. The maximum absolute atomic E-state index is 12.2. The summed E-state index contributed by atoms with van der Waals surface area (Å²) in [7, 11) is 3.50. The van der Waals surface area contributed by atoms with E-state index in [9.17, 15) is 4.79 Å². The van der Waals surface area contributed by atoms with Crippen LogP contribution in [-0.2, 0) is 4.79 Å². The molecule has 2 aliphatic rings. The Kier molecular flexibility index (Phi) is 12.2. The van der Waals surface area contributed by atoms with Crippen molar-refractivity contribution in [2.75, 3.05) is 40.3 Å². The predicted molar refractivity (Wildman–Crippen MR) is 141 cm³/mol. The second-order valence-electron chi connectivity index (χ2n) is 8.53. The fourth-order valence-electron chi connectivity index (χ4n) is 4.69. The van der Waals surface area contributed by atoms with Crippen LogP contribution in [0.2, 0.25) is 0 Å². The van der Waals surface area contributed by atoms with Crippen molar-refractivity contribution in [2.24, 2.45) is 4.99 Å². The van der Waals surface area contributed by atoms with Crippen LogP contribution in [0.4, 0.5) is 0 Å². The number of nitrogens with zero attached hydrogens (tertiary/aromatic N) is 2. The number of methoxy groups -OCH3 is 1. The largest absolute Gasteiger partial charge is 0.496 e. The van der Waals surface area contributed by atoms with E-state index in [0.29, 0.717) is 19.0 Å². The number of hydrogen-bond acceptors (Lipinski definition) is 4. The molecule has 0 aromatic heterocycles. The minimum atomic E-state index is 0. The summed E-state index contributed by atoms with van der Waals surface area (Å²) in [5.41, 5.74) is 1.20. The lowest BCUT2D eigenvalue weighted by Gasteiger charge is -2.30. The summed E-state index contributed by atoms with van der Waals surface area (Å²) in [5, 5.41) is 9.93. The number of carbonyl (C=O) groups is 1. The van der Waals surface area contributed by atoms with Crippen LogP contribution >= 0.6 is 24.0 Å². The number of ether oxygens (including phenoxy) is 1. The minimum Gasteiger partial charge on any atom is -0.496 e. The van der Waals surface area contributed by atoms with Gasteiger partial charge in [-0.1, -0.05) is 37.5 Å². The molecule has 8 heteroatoms. The fourth-order valence-corrected chi connectivity index (χ4v) is 4.69. The van der Waals surface area contributed by atoms with E-state index < -0.39 is 0 Å². The zero-order valence-corrected chi connectivity index (χ0v) is 21.9. The third kappa shape index (κ3) is 8.10. The van der Waals surface area contributed by atoms with E-state index in [0.717, 1.165) is 44.2 Å². The Morgan fingerprint density at radius 1 is 1.12 bits per heavy atom. The molecule has 3 rings (SSSR count). The number of guanidine groups is 1. The number of halogens is 1. The first-order valence-corrected chi connectivity index (χ1v) is 11.8. The molecule has 1 aliphatic heterocycles. The Morgan fingerprint density at radius 3 is 2.53 bits per heavy atom. The standard InChI is InChI=1S/C24H39N5O2.HI/c1-25-24(26-15-14-23(30)28-19-10-4-3-5-11-19)27-18-21(29-16-8-9-17-29)20-12-6-7-13-22(20)31-2;/h6-7,12-13,19,21H,3-5,8-11,14-18H2,1-2H3,(H,28,30)(H2,25,26,27);1H. The highest BCUT2D eigenvalue weighted by atomic mass is 127. The normalized spacial score (nSPS) is 18.5. The smallest absolute Gasteiger partial charge is 0.221 e. The first-order chi connectivity index (χ1) is 15.2. The van der Waals surface area contributed by atoms with E-state index in [1.807, 2.05) is 12.1 Å². The van der Waals surface area contributed by atoms with Gasteiger partial charge in [-0.05, 0) is 44.8 Å². The molecule has 1 unspecified atom stereocenters. The predicted octanol–water partition coefficient (Wildman–Crippen LogP) is 3.45. The average Bonchev–Trinajstić information content (AvgIpc) is 3.33. The van der Waals surface area contributed by atoms with Gasteiger partial charge in [0, 0.05) is 38.2 Å². The van der Waals surface area contributed by atoms with Gasteiger partial charge >= 0.3 is 0 Å². The van der Waals surface area contributed by atoms with Gasteiger partial charge in [0.05, 0.1) is 13.2 Å². The molecule has 1 aromatic carbocycles. The molecular weight excluding hydrogens is 517 g/mol. The van der Waals surface area contributed by atoms with Crippen molar-refractivity contribution in [3.63, 3.8) is 0 Å². The number of benzene rings is 1. The van der Waals surface area contributed by atoms with Gasteiger partial charge in [0.2, 0.25) is 5.91 Å². The Hall–Kier alpha value is -1.55. The molecule has 1 atom stereocenters. The lowest BCUT2D eigenvalue weighted by Crippen LogP contribution is -2.44. The number of amides is 1. The van der Waals surface area contributed by atoms with Crippen molar-refractivity contribution in [1.82, 2.24) is 20.9 Å². The molecule has 1 aliphatic carbocycles. The molecular formula is C24H40IN5O2. The second-order valence-corrected chi connectivity index (χ2v) is 8.53. The Labute approximate surface area is 210 Å². The Bertz CT molecular complexity index is 718. The van der Waals surface area contributed by atoms with Crippen LogP contribution in [0.25, 0.3) is 0 Å². The number of likely N-dealkylation sites (tertiary alicyclic amines) is 1. The molecule has 0 radical (unpaired) electrons. The lowest BCUT2D eigenvalue weighted by molar-refractivity contribution is -0.121. The van der Waals surface area contributed by atoms with Crippen molar-refractivity contribution in [2.45, 2.75) is 63.5 Å². The van der Waals surface area contributed by atoms with Crippen molar-refractivity contribution >= 4 is 35.8 Å². The highest BCUT2D eigenvalue weighted by molar-refractivity contribution is 14.0. The molecule has 2 fully saturated rings. The minimum absolute atomic E-state index is 0. The van der Waals surface area contributed by atoms with Crippen molar-refractivity contribution < 1.29 is 9.53 Å². The third-order valence-electron chi connectivity index (χ3n) is 6.38. The van der Waals surface area contributed by atoms with Crippen molar-refractivity contribution in [3.8, 4) is 5.75 Å². The molecule has 0 spiro atoms. The van der Waals surface area contributed by atoms with Gasteiger partial charge < -0.3 is 20.7 Å². The topological polar surface area (TPSA) is 78.0 Å². The van der Waals surface area contributed by atoms with Crippen LogP contribution in [-0.4, -0.2) is 63.1 Å². The summed E-state index contributed by atoms with van der Waals surface area (Å²) < 4.78 is 5.63. The highest BCUT2D eigenvalue weighted by Gasteiger charge is 2.26. The molecule has 3 N–H and O–H groups in total. The van der Waals surface area contributed by atoms with Crippen molar-refractivity contribution in [3.05, 3.63) is 29.8 Å². The van der Waals surface area contributed by atoms with E-state index in [2.05, 4.69) is 38.0 Å². The van der Waals surface area contributed by atoms with Crippen LogP contribution in [0, 0.1) is 0 Å². The Morgan fingerprint density at radius 2 is 1.84 bits per heavy atom. The lowest BCUT2D eigenvalue weighted by atomic mass is 9.95. The summed E-state index contributed by atoms with van der Waals surface area (Å²) in [6.07, 6.45) is 8.90. The molecule has 1 saturated heterocycles. The zero-order valence-electron chi connectivity index (χ0n) is 19.6. The van der Waals surface area contributed by atoms with Crippen LogP contribution < -0.4 is 20.7 Å². The first-order valence-electron chi connectivity index (χ1n) is 11.8. The van der Waals surface area contributed by atoms with E-state index in [1.165, 1.54) is 37.7 Å². The summed E-state index contributed by atoms with van der Waals surface area (Å²) in [5.74, 6) is 1.77. The summed E-state index contributed by atoms with van der Waals surface area (Å²) in [4.78, 5) is 19.1. The molecule has 7 nitrogen and oxygen atoms in total. The van der Waals surface area contributed by atoms with Crippen LogP contribution in [0.3, 0.4) is 0 Å². The number of nitrogens with one attached hydrogen (secondary N) is 3. The maximum Gasteiger partial charge on any atom is 0.221 e. The van der Waals surface area contributed by atoms with Gasteiger partial charge in [0.15, 0.2) is 5.96 Å². The van der Waals surface area contributed by atoms with Crippen molar-refractivity contribution in [1.29, 1.82) is 0 Å². The SMILES string of the molecule is CN=C(NCCC(=O)NC1CCCCC1)NCC(c1ccccc1OC)N1CCCC1.I.